The second-order valence-corrected chi connectivity index (χ2v) is 8.16. The zero-order valence-corrected chi connectivity index (χ0v) is 17.1. The summed E-state index contributed by atoms with van der Waals surface area (Å²) >= 11 is 0. The molecule has 152 valence electrons. The first-order valence-electron chi connectivity index (χ1n) is 10.0. The molecule has 1 aliphatic carbocycles. The van der Waals surface area contributed by atoms with E-state index in [-0.39, 0.29) is 17.9 Å². The molecule has 7 nitrogen and oxygen atoms in total. The number of ether oxygens (including phenoxy) is 1. The molecule has 1 fully saturated rings. The molecular weight excluding hydrogens is 368 g/mol. The van der Waals surface area contributed by atoms with Crippen LogP contribution in [0.25, 0.3) is 0 Å². The van der Waals surface area contributed by atoms with Crippen LogP contribution in [0.5, 0.6) is 5.75 Å². The van der Waals surface area contributed by atoms with Gasteiger partial charge in [0.2, 0.25) is 0 Å². The molecule has 4 rings (SSSR count). The molecular formula is C22H26N4O3. The summed E-state index contributed by atoms with van der Waals surface area (Å²) in [6, 6.07) is 5.82. The third-order valence-corrected chi connectivity index (χ3v) is 6.01. The van der Waals surface area contributed by atoms with Crippen molar-refractivity contribution in [1.82, 2.24) is 20.2 Å². The SMILES string of the molecule is Cc1ccc2c(c1)C(=O)NCC1(CCC(N(C)C(=O)c3cnc(C)cn3)CC1)O2. The number of nitrogens with zero attached hydrogens (tertiary/aromatic N) is 3. The maximum Gasteiger partial charge on any atom is 0.274 e. The molecule has 2 amide bonds. The summed E-state index contributed by atoms with van der Waals surface area (Å²) in [6.07, 6.45) is 6.28. The number of amides is 2. The van der Waals surface area contributed by atoms with Crippen LogP contribution in [0.4, 0.5) is 0 Å². The van der Waals surface area contributed by atoms with Gasteiger partial charge in [0.25, 0.3) is 11.8 Å². The molecule has 1 saturated carbocycles. The molecule has 2 aliphatic rings. The maximum atomic E-state index is 12.8. The van der Waals surface area contributed by atoms with Crippen molar-refractivity contribution in [3.8, 4) is 5.75 Å². The van der Waals surface area contributed by atoms with E-state index in [2.05, 4.69) is 15.3 Å². The van der Waals surface area contributed by atoms with Gasteiger partial charge in [0.15, 0.2) is 0 Å². The van der Waals surface area contributed by atoms with E-state index in [1.807, 2.05) is 39.1 Å². The lowest BCUT2D eigenvalue weighted by atomic mass is 9.81. The first-order chi connectivity index (χ1) is 13.9. The topological polar surface area (TPSA) is 84.4 Å². The number of nitrogens with one attached hydrogen (secondary N) is 1. The number of hydrogen-bond donors (Lipinski definition) is 1. The zero-order valence-electron chi connectivity index (χ0n) is 17.1. The second-order valence-electron chi connectivity index (χ2n) is 8.16. The summed E-state index contributed by atoms with van der Waals surface area (Å²) in [7, 11) is 1.82. The predicted octanol–water partition coefficient (Wildman–Crippen LogP) is 2.67. The molecule has 1 spiro atoms. The van der Waals surface area contributed by atoms with E-state index in [9.17, 15) is 9.59 Å². The van der Waals surface area contributed by atoms with Gasteiger partial charge in [-0.05, 0) is 51.7 Å². The lowest BCUT2D eigenvalue weighted by Crippen LogP contribution is -2.51. The molecule has 29 heavy (non-hydrogen) atoms. The number of aromatic nitrogens is 2. The van der Waals surface area contributed by atoms with Crippen LogP contribution in [0.15, 0.2) is 30.6 Å². The molecule has 0 bridgehead atoms. The predicted molar refractivity (Wildman–Crippen MR) is 108 cm³/mol. The van der Waals surface area contributed by atoms with E-state index in [1.54, 1.807) is 11.1 Å². The first-order valence-corrected chi connectivity index (χ1v) is 10.0. The van der Waals surface area contributed by atoms with Crippen molar-refractivity contribution in [3.63, 3.8) is 0 Å². The maximum absolute atomic E-state index is 12.8. The number of fused-ring (bicyclic) bond motifs is 1. The third kappa shape index (κ3) is 3.81. The fourth-order valence-electron chi connectivity index (χ4n) is 4.16. The van der Waals surface area contributed by atoms with E-state index in [0.29, 0.717) is 23.6 Å². The quantitative estimate of drug-likeness (QED) is 0.847. The Labute approximate surface area is 170 Å². The summed E-state index contributed by atoms with van der Waals surface area (Å²) in [5.41, 5.74) is 2.34. The molecule has 1 aromatic heterocycles. The number of carbonyl (C=O) groups is 2. The average Bonchev–Trinajstić information content (AvgIpc) is 2.85. The largest absolute Gasteiger partial charge is 0.485 e. The Morgan fingerprint density at radius 3 is 2.66 bits per heavy atom. The summed E-state index contributed by atoms with van der Waals surface area (Å²) < 4.78 is 6.39. The van der Waals surface area contributed by atoms with Crippen LogP contribution < -0.4 is 10.1 Å². The van der Waals surface area contributed by atoms with Gasteiger partial charge in [-0.2, -0.15) is 0 Å². The average molecular weight is 394 g/mol. The Balaban J connectivity index is 1.46. The summed E-state index contributed by atoms with van der Waals surface area (Å²) in [5, 5.41) is 3.02. The van der Waals surface area contributed by atoms with E-state index >= 15 is 0 Å². The minimum absolute atomic E-state index is 0.0899. The minimum Gasteiger partial charge on any atom is -0.485 e. The van der Waals surface area contributed by atoms with Crippen LogP contribution in [-0.2, 0) is 0 Å². The molecule has 0 saturated heterocycles. The number of rotatable bonds is 2. The highest BCUT2D eigenvalue weighted by molar-refractivity contribution is 5.97. The van der Waals surface area contributed by atoms with Crippen molar-refractivity contribution in [2.24, 2.45) is 0 Å². The monoisotopic (exact) mass is 394 g/mol. The summed E-state index contributed by atoms with van der Waals surface area (Å²) in [6.45, 7) is 4.29. The number of benzene rings is 1. The van der Waals surface area contributed by atoms with E-state index < -0.39 is 5.60 Å². The lowest BCUT2D eigenvalue weighted by molar-refractivity contribution is 0.0102. The standard InChI is InChI=1S/C22H26N4O3/c1-14-4-5-19-17(10-14)20(27)25-13-22(29-19)8-6-16(7-9-22)26(3)21(28)18-12-23-15(2)11-24-18/h4-5,10-12,16H,6-9,13H2,1-3H3,(H,25,27). The fourth-order valence-corrected chi connectivity index (χ4v) is 4.16. The Morgan fingerprint density at radius 1 is 1.21 bits per heavy atom. The van der Waals surface area contributed by atoms with Gasteiger partial charge in [0.1, 0.15) is 17.0 Å². The Bertz CT molecular complexity index is 934. The van der Waals surface area contributed by atoms with Gasteiger partial charge in [-0.25, -0.2) is 4.98 Å². The lowest BCUT2D eigenvalue weighted by Gasteiger charge is -2.42. The fraction of sp³-hybridized carbons (Fsp3) is 0.455. The van der Waals surface area contributed by atoms with Crippen molar-refractivity contribution in [3.05, 3.63) is 53.1 Å². The Morgan fingerprint density at radius 2 is 1.97 bits per heavy atom. The molecule has 1 aliphatic heterocycles. The normalized spacial score (nSPS) is 23.6. The molecule has 2 heterocycles. The van der Waals surface area contributed by atoms with Gasteiger partial charge in [-0.1, -0.05) is 11.6 Å². The number of aryl methyl sites for hydroxylation is 2. The molecule has 0 unspecified atom stereocenters. The van der Waals surface area contributed by atoms with Crippen molar-refractivity contribution >= 4 is 11.8 Å². The van der Waals surface area contributed by atoms with Crippen LogP contribution in [0.2, 0.25) is 0 Å². The molecule has 7 heteroatoms. The van der Waals surface area contributed by atoms with Gasteiger partial charge < -0.3 is 15.0 Å². The van der Waals surface area contributed by atoms with Gasteiger partial charge in [0, 0.05) is 19.3 Å². The summed E-state index contributed by atoms with van der Waals surface area (Å²) in [4.78, 5) is 35.4. The third-order valence-electron chi connectivity index (χ3n) is 6.01. The minimum atomic E-state index is -0.430. The van der Waals surface area contributed by atoms with Gasteiger partial charge in [-0.15, -0.1) is 0 Å². The number of carbonyl (C=O) groups excluding carboxylic acids is 2. The van der Waals surface area contributed by atoms with Crippen molar-refractivity contribution in [2.45, 2.75) is 51.2 Å². The van der Waals surface area contributed by atoms with E-state index in [1.165, 1.54) is 6.20 Å². The molecule has 2 aromatic rings. The molecule has 1 N–H and O–H groups in total. The summed E-state index contributed by atoms with van der Waals surface area (Å²) in [5.74, 6) is 0.436. The van der Waals surface area contributed by atoms with Crippen LogP contribution in [0, 0.1) is 13.8 Å². The van der Waals surface area contributed by atoms with Gasteiger partial charge >= 0.3 is 0 Å². The zero-order chi connectivity index (χ0) is 20.6. The van der Waals surface area contributed by atoms with Gasteiger partial charge in [0.05, 0.1) is 24.0 Å². The first kappa shape index (κ1) is 19.4. The van der Waals surface area contributed by atoms with Crippen LogP contribution >= 0.6 is 0 Å². The molecule has 0 atom stereocenters. The smallest absolute Gasteiger partial charge is 0.274 e. The van der Waals surface area contributed by atoms with Crippen LogP contribution in [-0.4, -0.2) is 51.9 Å². The Hall–Kier alpha value is -2.96. The molecule has 0 radical (unpaired) electrons. The van der Waals surface area contributed by atoms with Crippen LogP contribution in [0.1, 0.15) is 57.8 Å². The highest BCUT2D eigenvalue weighted by Crippen LogP contribution is 2.37. The highest BCUT2D eigenvalue weighted by Gasteiger charge is 2.42. The van der Waals surface area contributed by atoms with E-state index in [4.69, 9.17) is 4.74 Å². The Kier molecular flexibility index (Phi) is 4.98. The van der Waals surface area contributed by atoms with Gasteiger partial charge in [-0.3, -0.25) is 14.6 Å². The van der Waals surface area contributed by atoms with Crippen molar-refractivity contribution in [1.29, 1.82) is 0 Å². The van der Waals surface area contributed by atoms with Crippen molar-refractivity contribution in [2.75, 3.05) is 13.6 Å². The van der Waals surface area contributed by atoms with E-state index in [0.717, 1.165) is 36.9 Å². The highest BCUT2D eigenvalue weighted by atomic mass is 16.5. The molecule has 1 aromatic carbocycles. The van der Waals surface area contributed by atoms with Crippen molar-refractivity contribution < 1.29 is 14.3 Å². The second kappa shape index (κ2) is 7.46. The van der Waals surface area contributed by atoms with Crippen LogP contribution in [0.3, 0.4) is 0 Å². The number of hydrogen-bond acceptors (Lipinski definition) is 5.